The van der Waals surface area contributed by atoms with Crippen molar-refractivity contribution in [2.45, 2.75) is 76.5 Å². The predicted molar refractivity (Wildman–Crippen MR) is 186 cm³/mol. The zero-order valence-corrected chi connectivity index (χ0v) is 30.5. The van der Waals surface area contributed by atoms with Gasteiger partial charge in [-0.05, 0) is 0 Å². The second-order valence-electron chi connectivity index (χ2n) is 14.6. The average Bonchev–Trinajstić information content (AvgIpc) is 3.65. The molecule has 2 unspecified atom stereocenters. The molecule has 0 heterocycles. The van der Waals surface area contributed by atoms with Crippen molar-refractivity contribution in [1.82, 2.24) is 0 Å². The fraction of sp³-hybridized carbons (Fsp3) is 0.310. The molecule has 0 N–H and O–H groups in total. The molecular weight excluding hydrogens is 683 g/mol. The first-order valence-corrected chi connectivity index (χ1v) is 29.6. The summed E-state index contributed by atoms with van der Waals surface area (Å²) in [6, 6.07) is 27.9. The summed E-state index contributed by atoms with van der Waals surface area (Å²) >= 11 is -3.98. The van der Waals surface area contributed by atoms with Crippen molar-refractivity contribution in [3.63, 3.8) is 0 Å². The molecule has 0 radical (unpaired) electrons. The van der Waals surface area contributed by atoms with Crippen LogP contribution in [0.5, 0.6) is 0 Å². The first kappa shape index (κ1) is 28.8. The van der Waals surface area contributed by atoms with Crippen LogP contribution < -0.4 is 0 Å². The summed E-state index contributed by atoms with van der Waals surface area (Å²) in [6.45, 7) is 9.09. The summed E-state index contributed by atoms with van der Waals surface area (Å²) in [5.74, 6) is 0. The van der Waals surface area contributed by atoms with Gasteiger partial charge in [-0.2, -0.15) is 0 Å². The molecule has 3 aliphatic rings. The third-order valence-electron chi connectivity index (χ3n) is 11.8. The van der Waals surface area contributed by atoms with Gasteiger partial charge in [-0.1, -0.05) is 0 Å². The Balaban J connectivity index is 1.45. The Kier molecular flexibility index (Phi) is 7.13. The van der Waals surface area contributed by atoms with E-state index in [4.69, 9.17) is 0 Å². The van der Waals surface area contributed by atoms with Gasteiger partial charge in [0, 0.05) is 0 Å². The van der Waals surface area contributed by atoms with E-state index in [1.807, 2.05) is 3.26 Å². The van der Waals surface area contributed by atoms with Gasteiger partial charge in [-0.3, -0.25) is 0 Å². The second kappa shape index (κ2) is 10.6. The summed E-state index contributed by atoms with van der Waals surface area (Å²) in [5.41, 5.74) is 17.3. The Labute approximate surface area is 260 Å². The van der Waals surface area contributed by atoms with Crippen molar-refractivity contribution >= 4 is 15.4 Å². The zero-order valence-electron chi connectivity index (χ0n) is 26.9. The Morgan fingerprint density at radius 3 is 1.33 bits per heavy atom. The Morgan fingerprint density at radius 1 is 0.512 bits per heavy atom. The maximum atomic E-state index is 2.85. The van der Waals surface area contributed by atoms with E-state index in [9.17, 15) is 0 Å². The number of allylic oxidation sites excluding steroid dienone is 2. The SMILES string of the molecule is Cc1cccc(C)c1-c1cccc2c1C=C[CH]2[Hf]([CH3])([CH3])(=[C]1CCCCC1)[CH]1C=Cc2c(-c3c(C)cccc3C)cccc21. The van der Waals surface area contributed by atoms with E-state index >= 15 is 0 Å². The van der Waals surface area contributed by atoms with Crippen molar-refractivity contribution in [2.75, 3.05) is 0 Å². The summed E-state index contributed by atoms with van der Waals surface area (Å²) in [4.78, 5) is 0. The molecule has 0 bridgehead atoms. The quantitative estimate of drug-likeness (QED) is 0.184. The average molecular weight is 729 g/mol. The van der Waals surface area contributed by atoms with E-state index in [-0.39, 0.29) is 0 Å². The van der Waals surface area contributed by atoms with E-state index < -0.39 is 18.0 Å². The monoisotopic (exact) mass is 730 g/mol. The third kappa shape index (κ3) is 4.36. The molecule has 4 aromatic rings. The van der Waals surface area contributed by atoms with Crippen molar-refractivity contribution in [2.24, 2.45) is 0 Å². The molecule has 3 aliphatic carbocycles. The predicted octanol–water partition coefficient (Wildman–Crippen LogP) is 12.0. The molecule has 1 saturated carbocycles. The van der Waals surface area contributed by atoms with E-state index in [1.54, 1.807) is 11.1 Å². The van der Waals surface area contributed by atoms with Crippen LogP contribution in [0.1, 0.15) is 84.0 Å². The minimum atomic E-state index is -3.98. The molecule has 7 rings (SSSR count). The number of fused-ring (bicyclic) bond motifs is 2. The molecule has 218 valence electrons. The molecule has 2 atom stereocenters. The molecule has 1 heteroatoms. The summed E-state index contributed by atoms with van der Waals surface area (Å²) < 4.78 is 8.72. The molecule has 0 saturated heterocycles. The van der Waals surface area contributed by atoms with E-state index in [1.165, 1.54) is 87.7 Å². The molecule has 0 spiro atoms. The van der Waals surface area contributed by atoms with Crippen LogP contribution in [-0.4, -0.2) is 3.26 Å². The van der Waals surface area contributed by atoms with Gasteiger partial charge in [0.25, 0.3) is 0 Å². The van der Waals surface area contributed by atoms with Crippen molar-refractivity contribution in [1.29, 1.82) is 0 Å². The molecule has 4 aromatic carbocycles. The Hall–Kier alpha value is -2.90. The van der Waals surface area contributed by atoms with Crippen LogP contribution in [0.4, 0.5) is 0 Å². The van der Waals surface area contributed by atoms with Crippen LogP contribution in [0.15, 0.2) is 84.9 Å². The van der Waals surface area contributed by atoms with Crippen LogP contribution >= 0.6 is 0 Å². The second-order valence-corrected chi connectivity index (χ2v) is 40.4. The third-order valence-corrected chi connectivity index (χ3v) is 39.0. The molecule has 0 nitrogen and oxygen atoms in total. The number of benzene rings is 4. The minimum absolute atomic E-state index is 0.522. The van der Waals surface area contributed by atoms with Gasteiger partial charge in [-0.15, -0.1) is 0 Å². The van der Waals surface area contributed by atoms with Crippen LogP contribution in [0.25, 0.3) is 34.4 Å². The van der Waals surface area contributed by atoms with Gasteiger partial charge in [0.15, 0.2) is 0 Å². The standard InChI is InChI=1S/2C17H15.C6H10.2CH3.Hf/c2*1-12-6-3-7-13(2)17(12)16-11-5-9-14-8-4-10-15(14)16;1-2-4-6-5-3-1;;;/h2*3-11H,1-2H3;1-5H2;2*1H3;. The summed E-state index contributed by atoms with van der Waals surface area (Å²) in [6.07, 6.45) is 17.1. The normalized spacial score (nSPS) is 19.6. The van der Waals surface area contributed by atoms with Crippen molar-refractivity contribution in [3.8, 4) is 22.3 Å². The van der Waals surface area contributed by atoms with Crippen LogP contribution in [0.2, 0.25) is 9.36 Å². The van der Waals surface area contributed by atoms with Gasteiger partial charge in [0.05, 0.1) is 0 Å². The molecule has 43 heavy (non-hydrogen) atoms. The Morgan fingerprint density at radius 2 is 0.907 bits per heavy atom. The number of rotatable bonds is 4. The molecule has 0 aliphatic heterocycles. The fourth-order valence-electron chi connectivity index (χ4n) is 9.54. The van der Waals surface area contributed by atoms with Crippen molar-refractivity contribution in [3.05, 3.63) is 129 Å². The van der Waals surface area contributed by atoms with Gasteiger partial charge in [-0.25, -0.2) is 0 Å². The topological polar surface area (TPSA) is 0 Å². The zero-order chi connectivity index (χ0) is 30.0. The van der Waals surface area contributed by atoms with Crippen LogP contribution in [0, 0.1) is 27.7 Å². The first-order chi connectivity index (χ1) is 20.7. The molecular formula is C42H46Hf. The Bertz CT molecular complexity index is 1730. The van der Waals surface area contributed by atoms with E-state index in [0.717, 1.165) is 0 Å². The summed E-state index contributed by atoms with van der Waals surface area (Å²) in [5, 5.41) is 0. The van der Waals surface area contributed by atoms with Gasteiger partial charge in [0.2, 0.25) is 0 Å². The van der Waals surface area contributed by atoms with Gasteiger partial charge >= 0.3 is 262 Å². The van der Waals surface area contributed by atoms with E-state index in [2.05, 4.69) is 134 Å². The van der Waals surface area contributed by atoms with Gasteiger partial charge < -0.3 is 0 Å². The molecule has 0 aromatic heterocycles. The van der Waals surface area contributed by atoms with Crippen LogP contribution in [0.3, 0.4) is 0 Å². The molecule has 0 amide bonds. The summed E-state index contributed by atoms with van der Waals surface area (Å²) in [7, 11) is 0. The first-order valence-electron chi connectivity index (χ1n) is 16.5. The maximum absolute atomic E-state index is 3.98. The number of aryl methyl sites for hydroxylation is 4. The van der Waals surface area contributed by atoms with Crippen LogP contribution in [-0.2, 0) is 18.0 Å². The number of hydrogen-bond donors (Lipinski definition) is 0. The van der Waals surface area contributed by atoms with Crippen molar-refractivity contribution < 1.29 is 18.0 Å². The fourth-order valence-corrected chi connectivity index (χ4v) is 34.7. The van der Waals surface area contributed by atoms with E-state index in [0.29, 0.717) is 7.35 Å². The number of hydrogen-bond acceptors (Lipinski definition) is 0. The molecule has 1 fully saturated rings. The van der Waals surface area contributed by atoms with Gasteiger partial charge in [0.1, 0.15) is 0 Å².